The van der Waals surface area contributed by atoms with Crippen LogP contribution in [0.1, 0.15) is 7.43 Å². The molecule has 0 fully saturated rings. The van der Waals surface area contributed by atoms with Crippen molar-refractivity contribution in [2.24, 2.45) is 0 Å². The van der Waals surface area contributed by atoms with Gasteiger partial charge in [-0.15, -0.1) is 0 Å². The Bertz CT molecular complexity index is 1160. The minimum Gasteiger partial charge on any atom is -0.618 e. The zero-order valence-corrected chi connectivity index (χ0v) is 18.9. The summed E-state index contributed by atoms with van der Waals surface area (Å²) in [7, 11) is 3.21. The van der Waals surface area contributed by atoms with Crippen LogP contribution in [0.25, 0.3) is 21.8 Å². The lowest BCUT2D eigenvalue weighted by molar-refractivity contribution is -0.577. The van der Waals surface area contributed by atoms with E-state index in [1.807, 2.05) is 42.5 Å². The van der Waals surface area contributed by atoms with Gasteiger partial charge >= 0.3 is 0 Å². The van der Waals surface area contributed by atoms with Crippen LogP contribution in [0.2, 0.25) is 5.15 Å². The van der Waals surface area contributed by atoms with E-state index in [-0.39, 0.29) is 7.43 Å². The Balaban J connectivity index is 0.000000200. The van der Waals surface area contributed by atoms with E-state index in [1.54, 1.807) is 20.3 Å². The highest BCUT2D eigenvalue weighted by molar-refractivity contribution is 9.10. The van der Waals surface area contributed by atoms with E-state index in [2.05, 4.69) is 36.8 Å². The smallest absolute Gasteiger partial charge is 0.227 e. The molecule has 0 aliphatic carbocycles. The van der Waals surface area contributed by atoms with Crippen LogP contribution in [-0.2, 0) is 0 Å². The van der Waals surface area contributed by atoms with Crippen molar-refractivity contribution in [3.8, 4) is 11.5 Å². The minimum atomic E-state index is 0. The average molecular weight is 543 g/mol. The van der Waals surface area contributed by atoms with Crippen molar-refractivity contribution in [1.29, 1.82) is 0 Å². The van der Waals surface area contributed by atoms with Crippen LogP contribution in [-0.4, -0.2) is 19.2 Å². The quantitative estimate of drug-likeness (QED) is 0.164. The van der Waals surface area contributed by atoms with Gasteiger partial charge in [0, 0.05) is 16.8 Å². The zero-order valence-electron chi connectivity index (χ0n) is 14.9. The molecule has 0 aliphatic heterocycles. The normalized spacial score (nSPS) is 10.1. The summed E-state index contributed by atoms with van der Waals surface area (Å²) in [6, 6.07) is 14.9. The Morgan fingerprint density at radius 1 is 0.931 bits per heavy atom. The Morgan fingerprint density at radius 3 is 2.21 bits per heavy atom. The van der Waals surface area contributed by atoms with Crippen LogP contribution in [0.15, 0.2) is 63.7 Å². The number of pyridine rings is 2. The number of methoxy groups -OCH3 is 2. The van der Waals surface area contributed by atoms with Crippen LogP contribution < -0.4 is 14.2 Å². The number of hydrogen-bond acceptors (Lipinski definition) is 4. The number of halogens is 3. The minimum absolute atomic E-state index is 0. The molecule has 4 aromatic rings. The van der Waals surface area contributed by atoms with Gasteiger partial charge in [-0.2, -0.15) is 4.73 Å². The van der Waals surface area contributed by atoms with Crippen LogP contribution in [0.4, 0.5) is 0 Å². The van der Waals surface area contributed by atoms with Gasteiger partial charge < -0.3 is 14.7 Å². The first-order valence-corrected chi connectivity index (χ1v) is 10.0. The summed E-state index contributed by atoms with van der Waals surface area (Å²) in [4.78, 5) is 4.22. The highest BCUT2D eigenvalue weighted by atomic mass is 79.9. The first-order valence-electron chi connectivity index (χ1n) is 8.07. The molecule has 2 aromatic heterocycles. The highest BCUT2D eigenvalue weighted by Crippen LogP contribution is 2.27. The largest absolute Gasteiger partial charge is 0.618 e. The topological polar surface area (TPSA) is 58.3 Å². The van der Waals surface area contributed by atoms with Crippen molar-refractivity contribution in [2.45, 2.75) is 7.43 Å². The van der Waals surface area contributed by atoms with Gasteiger partial charge in [0.05, 0.1) is 34.7 Å². The summed E-state index contributed by atoms with van der Waals surface area (Å²) in [6.07, 6.45) is 1.47. The summed E-state index contributed by atoms with van der Waals surface area (Å²) in [5, 5.41) is 13.9. The second kappa shape index (κ2) is 10.1. The lowest BCUT2D eigenvalue weighted by atomic mass is 10.2. The van der Waals surface area contributed by atoms with Gasteiger partial charge in [-0.25, -0.2) is 4.98 Å². The summed E-state index contributed by atoms with van der Waals surface area (Å²) in [5.74, 6) is 1.47. The molecule has 0 saturated carbocycles. The van der Waals surface area contributed by atoms with E-state index in [0.29, 0.717) is 16.4 Å². The molecule has 0 aliphatic rings. The standard InChI is InChI=1S/C10H7BrClNO.C10H8BrNO2.CH4/c1-14-7-3-2-6-4-8(11)10(12)13-9(6)5-7;1-14-9-3-2-7-4-8(11)6-12(13)10(7)5-9;/h2-5H,1H3;2-6H,1H3;1H4. The Kier molecular flexibility index (Phi) is 8.07. The molecule has 2 heterocycles. The third-order valence-corrected chi connectivity index (χ3v) is 5.50. The van der Waals surface area contributed by atoms with Gasteiger partial charge in [0.1, 0.15) is 16.7 Å². The number of benzene rings is 2. The lowest BCUT2D eigenvalue weighted by Gasteiger charge is -2.04. The maximum atomic E-state index is 11.5. The van der Waals surface area contributed by atoms with Crippen LogP contribution in [0, 0.1) is 5.21 Å². The Morgan fingerprint density at radius 2 is 1.55 bits per heavy atom. The summed E-state index contributed by atoms with van der Waals surface area (Å²) < 4.78 is 12.5. The molecule has 4 rings (SSSR count). The second-order valence-electron chi connectivity index (χ2n) is 5.73. The van der Waals surface area contributed by atoms with Crippen molar-refractivity contribution in [2.75, 3.05) is 14.2 Å². The van der Waals surface area contributed by atoms with Gasteiger partial charge in [-0.1, -0.05) is 19.0 Å². The third-order valence-electron chi connectivity index (χ3n) is 3.94. The molecule has 2 aromatic carbocycles. The first-order chi connectivity index (χ1) is 13.4. The number of fused-ring (bicyclic) bond motifs is 2. The number of aromatic nitrogens is 2. The maximum Gasteiger partial charge on any atom is 0.227 e. The summed E-state index contributed by atoms with van der Waals surface area (Å²) >= 11 is 12.5. The van der Waals surface area contributed by atoms with Crippen molar-refractivity contribution in [1.82, 2.24) is 4.98 Å². The van der Waals surface area contributed by atoms with E-state index in [0.717, 1.165) is 35.7 Å². The molecule has 0 radical (unpaired) electrons. The summed E-state index contributed by atoms with van der Waals surface area (Å²) in [5.41, 5.74) is 1.44. The Labute approximate surface area is 191 Å². The summed E-state index contributed by atoms with van der Waals surface area (Å²) in [6.45, 7) is 0. The second-order valence-corrected chi connectivity index (χ2v) is 7.86. The first kappa shape index (κ1) is 23.2. The molecule has 0 amide bonds. The van der Waals surface area contributed by atoms with Gasteiger partial charge in [0.2, 0.25) is 5.52 Å². The molecule has 152 valence electrons. The zero-order chi connectivity index (χ0) is 20.3. The van der Waals surface area contributed by atoms with Gasteiger partial charge in [-0.3, -0.25) is 0 Å². The monoisotopic (exact) mass is 540 g/mol. The Hall–Kier alpha value is -2.09. The highest BCUT2D eigenvalue weighted by Gasteiger charge is 2.06. The van der Waals surface area contributed by atoms with E-state index in [4.69, 9.17) is 21.1 Å². The van der Waals surface area contributed by atoms with Gasteiger partial charge in [-0.05, 0) is 68.3 Å². The van der Waals surface area contributed by atoms with Gasteiger partial charge in [0.25, 0.3) is 0 Å². The molecule has 0 atom stereocenters. The molecule has 29 heavy (non-hydrogen) atoms. The van der Waals surface area contributed by atoms with Crippen molar-refractivity contribution in [3.63, 3.8) is 0 Å². The van der Waals surface area contributed by atoms with Crippen molar-refractivity contribution in [3.05, 3.63) is 74.0 Å². The molecule has 0 N–H and O–H groups in total. The maximum absolute atomic E-state index is 11.5. The SMILES string of the molecule is C.COc1ccc2cc(Br)c(Cl)nc2c1.COc1ccc2cc(Br)c[n+]([O-])c2c1. The van der Waals surface area contributed by atoms with Crippen molar-refractivity contribution < 1.29 is 14.2 Å². The molecular weight excluding hydrogens is 524 g/mol. The molecule has 8 heteroatoms. The third kappa shape index (κ3) is 5.50. The number of ether oxygens (including phenoxy) is 2. The fourth-order valence-corrected chi connectivity index (χ4v) is 3.47. The average Bonchev–Trinajstić information content (AvgIpc) is 2.68. The molecular formula is C21H19Br2ClN2O3. The van der Waals surface area contributed by atoms with E-state index < -0.39 is 0 Å². The fraction of sp³-hybridized carbons (Fsp3) is 0.143. The predicted octanol–water partition coefficient (Wildman–Crippen LogP) is 6.54. The van der Waals surface area contributed by atoms with Crippen LogP contribution in [0.5, 0.6) is 11.5 Å². The van der Waals surface area contributed by atoms with E-state index >= 15 is 0 Å². The lowest BCUT2D eigenvalue weighted by Crippen LogP contribution is -2.26. The molecule has 0 spiro atoms. The van der Waals surface area contributed by atoms with E-state index in [1.165, 1.54) is 6.20 Å². The fourth-order valence-electron chi connectivity index (χ4n) is 2.56. The van der Waals surface area contributed by atoms with Crippen molar-refractivity contribution >= 4 is 65.3 Å². The predicted molar refractivity (Wildman–Crippen MR) is 125 cm³/mol. The number of hydrogen-bond donors (Lipinski definition) is 0. The molecule has 0 bridgehead atoms. The van der Waals surface area contributed by atoms with Crippen LogP contribution in [0.3, 0.4) is 0 Å². The molecule has 0 saturated heterocycles. The number of nitrogens with zero attached hydrogens (tertiary/aromatic N) is 2. The van der Waals surface area contributed by atoms with Gasteiger partial charge in [0.15, 0.2) is 6.20 Å². The molecule has 0 unspecified atom stereocenters. The molecule has 5 nitrogen and oxygen atoms in total. The van der Waals surface area contributed by atoms with Crippen LogP contribution >= 0.6 is 43.5 Å². The van der Waals surface area contributed by atoms with E-state index in [9.17, 15) is 5.21 Å². The number of rotatable bonds is 2.